The SMILES string of the molecule is COc1ccc(OC)c(/C=C2/CCCC/C(=C\c3cc(OC)ccc3OC)C2=O)c1. The van der Waals surface area contributed by atoms with E-state index in [2.05, 4.69) is 0 Å². The van der Waals surface area contributed by atoms with Crippen molar-refractivity contribution < 1.29 is 23.7 Å². The van der Waals surface area contributed by atoms with E-state index in [1.807, 2.05) is 48.6 Å². The molecule has 2 aromatic rings. The average molecular weight is 408 g/mol. The highest BCUT2D eigenvalue weighted by molar-refractivity contribution is 6.13. The maximum absolute atomic E-state index is 13.4. The third-order valence-electron chi connectivity index (χ3n) is 5.26. The van der Waals surface area contributed by atoms with Gasteiger partial charge in [-0.05, 0) is 74.2 Å². The third-order valence-corrected chi connectivity index (χ3v) is 5.26. The minimum atomic E-state index is 0.0576. The third kappa shape index (κ3) is 4.85. The maximum Gasteiger partial charge on any atom is 0.185 e. The van der Waals surface area contributed by atoms with Gasteiger partial charge in [0.15, 0.2) is 5.78 Å². The van der Waals surface area contributed by atoms with Crippen molar-refractivity contribution >= 4 is 17.9 Å². The van der Waals surface area contributed by atoms with Crippen LogP contribution in [-0.4, -0.2) is 34.2 Å². The lowest BCUT2D eigenvalue weighted by Crippen LogP contribution is -2.04. The summed E-state index contributed by atoms with van der Waals surface area (Å²) in [5.41, 5.74) is 3.21. The molecule has 0 amide bonds. The summed E-state index contributed by atoms with van der Waals surface area (Å²) in [5, 5.41) is 0. The van der Waals surface area contributed by atoms with Crippen LogP contribution in [0.15, 0.2) is 47.5 Å². The van der Waals surface area contributed by atoms with E-state index in [0.717, 1.165) is 59.5 Å². The second-order valence-electron chi connectivity index (χ2n) is 7.09. The number of rotatable bonds is 6. The fourth-order valence-corrected chi connectivity index (χ4v) is 3.62. The summed E-state index contributed by atoms with van der Waals surface area (Å²) in [6.45, 7) is 0. The fraction of sp³-hybridized carbons (Fsp3) is 0.320. The van der Waals surface area contributed by atoms with Crippen LogP contribution in [-0.2, 0) is 4.79 Å². The number of carbonyl (C=O) groups is 1. The highest BCUT2D eigenvalue weighted by Crippen LogP contribution is 2.33. The van der Waals surface area contributed by atoms with Crippen LogP contribution >= 0.6 is 0 Å². The number of methoxy groups -OCH3 is 4. The largest absolute Gasteiger partial charge is 0.497 e. The molecule has 1 aliphatic rings. The van der Waals surface area contributed by atoms with Gasteiger partial charge in [0.1, 0.15) is 23.0 Å². The number of ketones is 1. The summed E-state index contributed by atoms with van der Waals surface area (Å²) in [6.07, 6.45) is 7.21. The van der Waals surface area contributed by atoms with E-state index < -0.39 is 0 Å². The topological polar surface area (TPSA) is 54.0 Å². The molecule has 5 heteroatoms. The van der Waals surface area contributed by atoms with Crippen LogP contribution < -0.4 is 18.9 Å². The number of allylic oxidation sites excluding steroid dienone is 2. The first kappa shape index (κ1) is 21.5. The van der Waals surface area contributed by atoms with E-state index in [0.29, 0.717) is 11.5 Å². The molecule has 0 heterocycles. The maximum atomic E-state index is 13.4. The van der Waals surface area contributed by atoms with E-state index in [9.17, 15) is 4.79 Å². The Morgan fingerprint density at radius 1 is 0.667 bits per heavy atom. The van der Waals surface area contributed by atoms with Gasteiger partial charge in [-0.1, -0.05) is 0 Å². The van der Waals surface area contributed by atoms with Gasteiger partial charge in [-0.2, -0.15) is 0 Å². The van der Waals surface area contributed by atoms with Gasteiger partial charge in [0, 0.05) is 22.3 Å². The molecular weight excluding hydrogens is 380 g/mol. The Labute approximate surface area is 177 Å². The highest BCUT2D eigenvalue weighted by Gasteiger charge is 2.20. The van der Waals surface area contributed by atoms with Crippen LogP contribution in [0.2, 0.25) is 0 Å². The molecule has 0 spiro atoms. The van der Waals surface area contributed by atoms with Crippen LogP contribution in [0.3, 0.4) is 0 Å². The second kappa shape index (κ2) is 10.0. The van der Waals surface area contributed by atoms with Crippen molar-refractivity contribution in [3.8, 4) is 23.0 Å². The Morgan fingerprint density at radius 3 is 1.47 bits per heavy atom. The second-order valence-corrected chi connectivity index (χ2v) is 7.09. The van der Waals surface area contributed by atoms with Gasteiger partial charge in [-0.25, -0.2) is 0 Å². The van der Waals surface area contributed by atoms with Gasteiger partial charge in [0.2, 0.25) is 0 Å². The number of benzene rings is 2. The number of carbonyl (C=O) groups excluding carboxylic acids is 1. The van der Waals surface area contributed by atoms with Gasteiger partial charge in [0.25, 0.3) is 0 Å². The molecule has 30 heavy (non-hydrogen) atoms. The summed E-state index contributed by atoms with van der Waals surface area (Å²) in [5.74, 6) is 2.92. The van der Waals surface area contributed by atoms with E-state index in [4.69, 9.17) is 18.9 Å². The van der Waals surface area contributed by atoms with Crippen molar-refractivity contribution in [2.24, 2.45) is 0 Å². The van der Waals surface area contributed by atoms with Gasteiger partial charge in [-0.3, -0.25) is 4.79 Å². The standard InChI is InChI=1S/C25H28O5/c1-27-21-9-11-23(29-3)19(15-21)13-17-7-5-6-8-18(25(17)26)14-20-16-22(28-2)10-12-24(20)30-4/h9-16H,5-8H2,1-4H3/b17-13-,18-14+. The van der Waals surface area contributed by atoms with Crippen molar-refractivity contribution in [2.45, 2.75) is 25.7 Å². The fourth-order valence-electron chi connectivity index (χ4n) is 3.62. The average Bonchev–Trinajstić information content (AvgIpc) is 2.95. The molecule has 0 saturated heterocycles. The Bertz CT molecular complexity index is 894. The molecule has 0 atom stereocenters. The minimum Gasteiger partial charge on any atom is -0.497 e. The number of Topliss-reactive ketones (excluding diaryl/α,β-unsaturated/α-hetero) is 1. The van der Waals surface area contributed by atoms with Crippen molar-refractivity contribution in [3.05, 3.63) is 58.7 Å². The monoisotopic (exact) mass is 408 g/mol. The molecule has 0 aliphatic heterocycles. The number of hydrogen-bond acceptors (Lipinski definition) is 5. The summed E-state index contributed by atoms with van der Waals surface area (Å²) < 4.78 is 21.6. The predicted molar refractivity (Wildman–Crippen MR) is 119 cm³/mol. The Morgan fingerprint density at radius 2 is 1.10 bits per heavy atom. The lowest BCUT2D eigenvalue weighted by atomic mass is 9.97. The first-order valence-electron chi connectivity index (χ1n) is 9.99. The van der Waals surface area contributed by atoms with Crippen molar-refractivity contribution in [1.82, 2.24) is 0 Å². The van der Waals surface area contributed by atoms with Gasteiger partial charge in [0.05, 0.1) is 28.4 Å². The van der Waals surface area contributed by atoms with Crippen LogP contribution in [0.1, 0.15) is 36.8 Å². The van der Waals surface area contributed by atoms with Crippen molar-refractivity contribution in [1.29, 1.82) is 0 Å². The molecule has 0 N–H and O–H groups in total. The molecule has 2 aromatic carbocycles. The normalized spacial score (nSPS) is 17.0. The lowest BCUT2D eigenvalue weighted by molar-refractivity contribution is -0.112. The number of ether oxygens (including phenoxy) is 4. The smallest absolute Gasteiger partial charge is 0.185 e. The van der Waals surface area contributed by atoms with Crippen molar-refractivity contribution in [3.63, 3.8) is 0 Å². The molecule has 0 aromatic heterocycles. The molecule has 1 fully saturated rings. The zero-order valence-corrected chi connectivity index (χ0v) is 18.0. The summed E-state index contributed by atoms with van der Waals surface area (Å²) in [6, 6.07) is 11.2. The first-order valence-corrected chi connectivity index (χ1v) is 9.99. The molecular formula is C25H28O5. The number of hydrogen-bond donors (Lipinski definition) is 0. The summed E-state index contributed by atoms with van der Waals surface area (Å²) in [4.78, 5) is 13.4. The molecule has 1 aliphatic carbocycles. The van der Waals surface area contributed by atoms with Gasteiger partial charge >= 0.3 is 0 Å². The predicted octanol–water partition coefficient (Wildman–Crippen LogP) is 5.33. The summed E-state index contributed by atoms with van der Waals surface area (Å²) in [7, 11) is 6.49. The first-order chi connectivity index (χ1) is 14.6. The zero-order chi connectivity index (χ0) is 21.5. The van der Waals surface area contributed by atoms with E-state index in [1.165, 1.54) is 0 Å². The van der Waals surface area contributed by atoms with E-state index in [-0.39, 0.29) is 5.78 Å². The molecule has 3 rings (SSSR count). The Hall–Kier alpha value is -3.21. The molecule has 0 unspecified atom stereocenters. The molecule has 158 valence electrons. The van der Waals surface area contributed by atoms with Gasteiger partial charge in [-0.15, -0.1) is 0 Å². The molecule has 0 radical (unpaired) electrons. The zero-order valence-electron chi connectivity index (χ0n) is 18.0. The van der Waals surface area contributed by atoms with Gasteiger partial charge < -0.3 is 18.9 Å². The van der Waals surface area contributed by atoms with E-state index >= 15 is 0 Å². The Kier molecular flexibility index (Phi) is 7.17. The van der Waals surface area contributed by atoms with Crippen LogP contribution in [0.25, 0.3) is 12.2 Å². The van der Waals surface area contributed by atoms with Crippen LogP contribution in [0.5, 0.6) is 23.0 Å². The quantitative estimate of drug-likeness (QED) is 0.478. The molecule has 5 nitrogen and oxygen atoms in total. The Balaban J connectivity index is 2.02. The van der Waals surface area contributed by atoms with Crippen molar-refractivity contribution in [2.75, 3.05) is 28.4 Å². The summed E-state index contributed by atoms with van der Waals surface area (Å²) >= 11 is 0. The van der Waals surface area contributed by atoms with Crippen LogP contribution in [0.4, 0.5) is 0 Å². The molecule has 0 bridgehead atoms. The van der Waals surface area contributed by atoms with Crippen LogP contribution in [0, 0.1) is 0 Å². The minimum absolute atomic E-state index is 0.0576. The highest BCUT2D eigenvalue weighted by atomic mass is 16.5. The lowest BCUT2D eigenvalue weighted by Gasteiger charge is -2.11. The molecule has 1 saturated carbocycles. The van der Waals surface area contributed by atoms with E-state index in [1.54, 1.807) is 28.4 Å².